The summed E-state index contributed by atoms with van der Waals surface area (Å²) in [5, 5.41) is 3.16. The molecular weight excluding hydrogens is 326 g/mol. The minimum atomic E-state index is -0.200. The zero-order valence-corrected chi connectivity index (χ0v) is 16.3. The number of amides is 1. The fraction of sp³-hybridized carbons (Fsp3) is 0.909. The van der Waals surface area contributed by atoms with Crippen LogP contribution in [0.1, 0.15) is 84.0 Å². The van der Waals surface area contributed by atoms with E-state index in [9.17, 15) is 9.59 Å². The molecule has 5 saturated carbocycles. The summed E-state index contributed by atoms with van der Waals surface area (Å²) in [6.45, 7) is 3.08. The highest BCUT2D eigenvalue weighted by atomic mass is 16.5. The van der Waals surface area contributed by atoms with E-state index in [1.54, 1.807) is 0 Å². The molecule has 5 rings (SSSR count). The summed E-state index contributed by atoms with van der Waals surface area (Å²) in [6.07, 6.45) is 13.0. The van der Waals surface area contributed by atoms with Crippen molar-refractivity contribution in [2.45, 2.75) is 90.1 Å². The lowest BCUT2D eigenvalue weighted by atomic mass is 9.49. The molecule has 0 aromatic heterocycles. The van der Waals surface area contributed by atoms with Crippen molar-refractivity contribution >= 4 is 11.9 Å². The van der Waals surface area contributed by atoms with E-state index in [1.807, 2.05) is 0 Å². The van der Waals surface area contributed by atoms with Gasteiger partial charge in [0, 0.05) is 13.0 Å². The van der Waals surface area contributed by atoms with Crippen molar-refractivity contribution in [2.75, 3.05) is 6.54 Å². The lowest BCUT2D eigenvalue weighted by Gasteiger charge is -2.56. The van der Waals surface area contributed by atoms with Crippen LogP contribution in [0.4, 0.5) is 0 Å². The third-order valence-corrected chi connectivity index (χ3v) is 7.64. The van der Waals surface area contributed by atoms with E-state index in [1.165, 1.54) is 38.5 Å². The molecule has 0 radical (unpaired) electrons. The number of hydrogen-bond acceptors (Lipinski definition) is 3. The van der Waals surface area contributed by atoms with Gasteiger partial charge in [-0.25, -0.2) is 0 Å². The molecule has 1 amide bonds. The van der Waals surface area contributed by atoms with Gasteiger partial charge in [-0.1, -0.05) is 6.92 Å². The van der Waals surface area contributed by atoms with Gasteiger partial charge in [-0.3, -0.25) is 9.59 Å². The standard InChI is InChI=1S/C22H35NO3/c1-15-2-4-19(5-3-15)26-21(25)7-6-20(24)23-14-22-11-16-8-17(12-22)10-18(9-16)13-22/h15-19H,2-14H2,1H3,(H,23,24). The van der Waals surface area contributed by atoms with Crippen LogP contribution in [0.2, 0.25) is 0 Å². The predicted octanol–water partition coefficient (Wildman–Crippen LogP) is 4.22. The van der Waals surface area contributed by atoms with Crippen LogP contribution in [0, 0.1) is 29.1 Å². The third kappa shape index (κ3) is 4.26. The Morgan fingerprint density at radius 1 is 0.923 bits per heavy atom. The summed E-state index contributed by atoms with van der Waals surface area (Å²) in [5.41, 5.74) is 0.365. The molecule has 1 N–H and O–H groups in total. The molecule has 0 aromatic rings. The largest absolute Gasteiger partial charge is 0.462 e. The Balaban J connectivity index is 1.16. The van der Waals surface area contributed by atoms with Crippen molar-refractivity contribution in [1.82, 2.24) is 5.32 Å². The number of esters is 1. The second-order valence-corrected chi connectivity index (χ2v) is 10.1. The molecule has 4 heteroatoms. The Morgan fingerprint density at radius 2 is 1.50 bits per heavy atom. The number of nitrogens with one attached hydrogen (secondary N) is 1. The number of carbonyl (C=O) groups is 2. The van der Waals surface area contributed by atoms with Gasteiger partial charge in [0.05, 0.1) is 6.42 Å². The molecule has 5 aliphatic carbocycles. The van der Waals surface area contributed by atoms with E-state index in [0.29, 0.717) is 5.41 Å². The van der Waals surface area contributed by atoms with Crippen molar-refractivity contribution in [3.8, 4) is 0 Å². The Labute approximate surface area is 157 Å². The minimum absolute atomic E-state index is 0.0231. The van der Waals surface area contributed by atoms with Crippen LogP contribution in [-0.2, 0) is 14.3 Å². The summed E-state index contributed by atoms with van der Waals surface area (Å²) in [5.74, 6) is 3.30. The zero-order valence-electron chi connectivity index (χ0n) is 16.3. The quantitative estimate of drug-likeness (QED) is 0.721. The number of ether oxygens (including phenoxy) is 1. The molecule has 0 heterocycles. The maximum absolute atomic E-state index is 12.3. The Morgan fingerprint density at radius 3 is 2.08 bits per heavy atom. The molecule has 5 fully saturated rings. The molecule has 0 saturated heterocycles. The van der Waals surface area contributed by atoms with Crippen LogP contribution in [-0.4, -0.2) is 24.5 Å². The minimum Gasteiger partial charge on any atom is -0.462 e. The monoisotopic (exact) mass is 361 g/mol. The maximum atomic E-state index is 12.3. The van der Waals surface area contributed by atoms with Crippen molar-refractivity contribution in [1.29, 1.82) is 0 Å². The lowest BCUT2D eigenvalue weighted by molar-refractivity contribution is -0.152. The first-order valence-corrected chi connectivity index (χ1v) is 11.0. The first-order chi connectivity index (χ1) is 12.5. The number of carbonyl (C=O) groups excluding carboxylic acids is 2. The van der Waals surface area contributed by atoms with Gasteiger partial charge in [-0.2, -0.15) is 0 Å². The zero-order chi connectivity index (χ0) is 18.1. The highest BCUT2D eigenvalue weighted by Crippen LogP contribution is 2.59. The molecule has 0 aromatic carbocycles. The van der Waals surface area contributed by atoms with Gasteiger partial charge < -0.3 is 10.1 Å². The van der Waals surface area contributed by atoms with E-state index in [0.717, 1.165) is 55.9 Å². The van der Waals surface area contributed by atoms with E-state index in [4.69, 9.17) is 4.74 Å². The second kappa shape index (κ2) is 7.52. The van der Waals surface area contributed by atoms with Crippen molar-refractivity contribution < 1.29 is 14.3 Å². The van der Waals surface area contributed by atoms with Gasteiger partial charge in [0.15, 0.2) is 0 Å². The highest BCUT2D eigenvalue weighted by Gasteiger charge is 2.50. The summed E-state index contributed by atoms with van der Waals surface area (Å²) in [6, 6.07) is 0. The SMILES string of the molecule is CC1CCC(OC(=O)CCC(=O)NCC23CC4CC(CC(C4)C2)C3)CC1. The Hall–Kier alpha value is -1.06. The van der Waals surface area contributed by atoms with Gasteiger partial charge in [-0.15, -0.1) is 0 Å². The Bertz CT molecular complexity index is 500. The lowest BCUT2D eigenvalue weighted by Crippen LogP contribution is -2.51. The van der Waals surface area contributed by atoms with E-state index >= 15 is 0 Å². The molecule has 4 nitrogen and oxygen atoms in total. The average molecular weight is 362 g/mol. The van der Waals surface area contributed by atoms with Crippen LogP contribution in [0.25, 0.3) is 0 Å². The van der Waals surface area contributed by atoms with E-state index < -0.39 is 0 Å². The summed E-state index contributed by atoms with van der Waals surface area (Å²) >= 11 is 0. The summed E-state index contributed by atoms with van der Waals surface area (Å²) < 4.78 is 5.55. The first kappa shape index (κ1) is 18.3. The van der Waals surface area contributed by atoms with Crippen LogP contribution in [0.3, 0.4) is 0 Å². The molecule has 0 spiro atoms. The molecular formula is C22H35NO3. The number of hydrogen-bond donors (Lipinski definition) is 1. The topological polar surface area (TPSA) is 55.4 Å². The van der Waals surface area contributed by atoms with Crippen molar-refractivity contribution in [3.63, 3.8) is 0 Å². The van der Waals surface area contributed by atoms with Crippen LogP contribution in [0.5, 0.6) is 0 Å². The molecule has 146 valence electrons. The van der Waals surface area contributed by atoms with Gasteiger partial charge in [-0.05, 0) is 93.3 Å². The first-order valence-electron chi connectivity index (χ1n) is 11.0. The molecule has 0 unspecified atom stereocenters. The van der Waals surface area contributed by atoms with Crippen molar-refractivity contribution in [2.24, 2.45) is 29.1 Å². The average Bonchev–Trinajstić information content (AvgIpc) is 2.59. The van der Waals surface area contributed by atoms with E-state index in [2.05, 4.69) is 12.2 Å². The van der Waals surface area contributed by atoms with Crippen LogP contribution < -0.4 is 5.32 Å². The summed E-state index contributed by atoms with van der Waals surface area (Å²) in [4.78, 5) is 24.3. The molecule has 26 heavy (non-hydrogen) atoms. The Kier molecular flexibility index (Phi) is 5.29. The van der Waals surface area contributed by atoms with E-state index in [-0.39, 0.29) is 30.8 Å². The fourth-order valence-electron chi connectivity index (χ4n) is 6.69. The molecule has 4 bridgehead atoms. The van der Waals surface area contributed by atoms with Gasteiger partial charge in [0.2, 0.25) is 5.91 Å². The van der Waals surface area contributed by atoms with Gasteiger partial charge >= 0.3 is 5.97 Å². The molecule has 0 aliphatic heterocycles. The van der Waals surface area contributed by atoms with Crippen LogP contribution >= 0.6 is 0 Å². The van der Waals surface area contributed by atoms with Crippen LogP contribution in [0.15, 0.2) is 0 Å². The summed E-state index contributed by atoms with van der Waals surface area (Å²) in [7, 11) is 0. The third-order valence-electron chi connectivity index (χ3n) is 7.64. The van der Waals surface area contributed by atoms with Crippen molar-refractivity contribution in [3.05, 3.63) is 0 Å². The van der Waals surface area contributed by atoms with Gasteiger partial charge in [0.1, 0.15) is 6.10 Å². The molecule has 5 aliphatic rings. The molecule has 0 atom stereocenters. The maximum Gasteiger partial charge on any atom is 0.306 e. The predicted molar refractivity (Wildman–Crippen MR) is 100 cm³/mol. The fourth-order valence-corrected chi connectivity index (χ4v) is 6.69. The normalized spacial score (nSPS) is 41.0. The number of rotatable bonds is 6. The van der Waals surface area contributed by atoms with Gasteiger partial charge in [0.25, 0.3) is 0 Å². The second-order valence-electron chi connectivity index (χ2n) is 10.1. The smallest absolute Gasteiger partial charge is 0.306 e. The highest BCUT2D eigenvalue weighted by molar-refractivity contribution is 5.81.